The van der Waals surface area contributed by atoms with Gasteiger partial charge in [0.25, 0.3) is 5.69 Å². The number of hydrogen-bond donors (Lipinski definition) is 1. The van der Waals surface area contributed by atoms with Crippen molar-refractivity contribution in [1.82, 2.24) is 0 Å². The summed E-state index contributed by atoms with van der Waals surface area (Å²) in [6.07, 6.45) is 2.31. The molecule has 1 aromatic carbocycles. The van der Waals surface area contributed by atoms with Crippen LogP contribution >= 0.6 is 0 Å². The van der Waals surface area contributed by atoms with Gasteiger partial charge in [-0.15, -0.1) is 0 Å². The van der Waals surface area contributed by atoms with Crippen LogP contribution in [0.1, 0.15) is 37.0 Å². The van der Waals surface area contributed by atoms with Crippen LogP contribution < -0.4 is 4.90 Å². The first-order chi connectivity index (χ1) is 9.40. The lowest BCUT2D eigenvalue weighted by molar-refractivity contribution is -0.384. The molecule has 0 unspecified atom stereocenters. The molecular weight excluding hydrogens is 260 g/mol. The second-order valence-electron chi connectivity index (χ2n) is 5.46. The third kappa shape index (κ3) is 3.07. The largest absolute Gasteiger partial charge is 0.478 e. The van der Waals surface area contributed by atoms with Gasteiger partial charge in [0.1, 0.15) is 5.69 Å². The number of carboxylic acids is 1. The van der Waals surface area contributed by atoms with Crippen molar-refractivity contribution in [3.63, 3.8) is 0 Å². The number of anilines is 1. The summed E-state index contributed by atoms with van der Waals surface area (Å²) in [4.78, 5) is 23.6. The SMILES string of the molecule is CC(C)N(CC1CC1)c1ccc(C(=O)O)cc1[N+](=O)[O-]. The molecule has 1 saturated carbocycles. The fourth-order valence-corrected chi connectivity index (χ4v) is 2.21. The molecule has 108 valence electrons. The molecule has 0 atom stereocenters. The van der Waals surface area contributed by atoms with Crippen LogP contribution in [0.2, 0.25) is 0 Å². The number of nitrogens with zero attached hydrogens (tertiary/aromatic N) is 2. The van der Waals surface area contributed by atoms with Crippen molar-refractivity contribution in [3.05, 3.63) is 33.9 Å². The molecule has 1 aromatic rings. The molecule has 0 radical (unpaired) electrons. The number of nitro groups is 1. The van der Waals surface area contributed by atoms with Crippen molar-refractivity contribution in [1.29, 1.82) is 0 Å². The van der Waals surface area contributed by atoms with Crippen LogP contribution in [0.5, 0.6) is 0 Å². The lowest BCUT2D eigenvalue weighted by Crippen LogP contribution is -2.33. The third-order valence-corrected chi connectivity index (χ3v) is 3.50. The summed E-state index contributed by atoms with van der Waals surface area (Å²) in [5, 5.41) is 20.2. The predicted octanol–water partition coefficient (Wildman–Crippen LogP) is 2.92. The van der Waals surface area contributed by atoms with Crippen molar-refractivity contribution >= 4 is 17.3 Å². The molecule has 1 N–H and O–H groups in total. The average Bonchev–Trinajstić information content (AvgIpc) is 3.18. The Morgan fingerprint density at radius 2 is 2.15 bits per heavy atom. The molecule has 0 saturated heterocycles. The zero-order valence-electron chi connectivity index (χ0n) is 11.6. The maximum atomic E-state index is 11.2. The van der Waals surface area contributed by atoms with Crippen molar-refractivity contribution in [3.8, 4) is 0 Å². The number of hydrogen-bond acceptors (Lipinski definition) is 4. The highest BCUT2D eigenvalue weighted by atomic mass is 16.6. The number of benzene rings is 1. The molecule has 0 aliphatic heterocycles. The standard InChI is InChI=1S/C14H18N2O4/c1-9(2)15(8-10-3-4-10)12-6-5-11(14(17)18)7-13(12)16(19)20/h5-7,9-10H,3-4,8H2,1-2H3,(H,17,18). The van der Waals surface area contributed by atoms with E-state index < -0.39 is 10.9 Å². The predicted molar refractivity (Wildman–Crippen MR) is 75.3 cm³/mol. The first-order valence-electron chi connectivity index (χ1n) is 6.68. The van der Waals surface area contributed by atoms with Crippen molar-refractivity contribution in [2.24, 2.45) is 5.92 Å². The Morgan fingerprint density at radius 1 is 1.50 bits per heavy atom. The van der Waals surface area contributed by atoms with Gasteiger partial charge >= 0.3 is 5.97 Å². The second-order valence-corrected chi connectivity index (χ2v) is 5.46. The van der Waals surface area contributed by atoms with Crippen LogP contribution in [0.3, 0.4) is 0 Å². The topological polar surface area (TPSA) is 83.7 Å². The maximum Gasteiger partial charge on any atom is 0.335 e. The highest BCUT2D eigenvalue weighted by molar-refractivity contribution is 5.89. The van der Waals surface area contributed by atoms with Crippen molar-refractivity contribution in [2.45, 2.75) is 32.7 Å². The van der Waals surface area contributed by atoms with Crippen LogP contribution in [0, 0.1) is 16.0 Å². The van der Waals surface area contributed by atoms with Crippen molar-refractivity contribution in [2.75, 3.05) is 11.4 Å². The van der Waals surface area contributed by atoms with Gasteiger partial charge in [-0.2, -0.15) is 0 Å². The molecular formula is C14H18N2O4. The summed E-state index contributed by atoms with van der Waals surface area (Å²) in [5.41, 5.74) is 0.303. The summed E-state index contributed by atoms with van der Waals surface area (Å²) in [6, 6.07) is 4.24. The minimum absolute atomic E-state index is 0.0596. The van der Waals surface area contributed by atoms with E-state index in [-0.39, 0.29) is 17.3 Å². The maximum absolute atomic E-state index is 11.2. The Kier molecular flexibility index (Phi) is 3.92. The zero-order valence-corrected chi connectivity index (χ0v) is 11.6. The van der Waals surface area contributed by atoms with Crippen LogP contribution in [0.25, 0.3) is 0 Å². The molecule has 0 aromatic heterocycles. The summed E-state index contributed by atoms with van der Waals surface area (Å²) in [5.74, 6) is -0.561. The first kappa shape index (κ1) is 14.3. The van der Waals surface area contributed by atoms with Crippen LogP contribution in [-0.4, -0.2) is 28.6 Å². The Morgan fingerprint density at radius 3 is 2.60 bits per heavy atom. The highest BCUT2D eigenvalue weighted by Crippen LogP contribution is 2.36. The van der Waals surface area contributed by atoms with Crippen molar-refractivity contribution < 1.29 is 14.8 Å². The number of carboxylic acid groups (broad SMARTS) is 1. The average molecular weight is 278 g/mol. The molecule has 0 spiro atoms. The van der Waals surface area contributed by atoms with Crippen LogP contribution in [0.4, 0.5) is 11.4 Å². The second kappa shape index (κ2) is 5.48. The molecule has 0 amide bonds. The smallest absolute Gasteiger partial charge is 0.335 e. The molecule has 1 aliphatic carbocycles. The summed E-state index contributed by atoms with van der Waals surface area (Å²) in [6.45, 7) is 4.75. The molecule has 2 rings (SSSR count). The quantitative estimate of drug-likeness (QED) is 0.639. The fraction of sp³-hybridized carbons (Fsp3) is 0.500. The van der Waals surface area contributed by atoms with Gasteiger partial charge in [0.05, 0.1) is 10.5 Å². The molecule has 1 aliphatic rings. The van der Waals surface area contributed by atoms with Crippen LogP contribution in [-0.2, 0) is 0 Å². The van der Waals surface area contributed by atoms with E-state index in [9.17, 15) is 14.9 Å². The number of nitro benzene ring substituents is 1. The zero-order chi connectivity index (χ0) is 14.9. The van der Waals surface area contributed by atoms with E-state index in [1.165, 1.54) is 6.07 Å². The Balaban J connectivity index is 2.41. The number of carbonyl (C=O) groups is 1. The van der Waals surface area contributed by atoms with Gasteiger partial charge < -0.3 is 10.0 Å². The van der Waals surface area contributed by atoms with Gasteiger partial charge in [-0.25, -0.2) is 4.79 Å². The normalized spacial score (nSPS) is 14.3. The summed E-state index contributed by atoms with van der Waals surface area (Å²) >= 11 is 0. The van der Waals surface area contributed by atoms with E-state index in [0.717, 1.165) is 25.5 Å². The van der Waals surface area contributed by atoms with E-state index >= 15 is 0 Å². The summed E-state index contributed by atoms with van der Waals surface area (Å²) < 4.78 is 0. The fourth-order valence-electron chi connectivity index (χ4n) is 2.21. The molecule has 20 heavy (non-hydrogen) atoms. The monoisotopic (exact) mass is 278 g/mol. The van der Waals surface area contributed by atoms with E-state index in [4.69, 9.17) is 5.11 Å². The highest BCUT2D eigenvalue weighted by Gasteiger charge is 2.29. The minimum Gasteiger partial charge on any atom is -0.478 e. The third-order valence-electron chi connectivity index (χ3n) is 3.50. The van der Waals surface area contributed by atoms with E-state index in [1.807, 2.05) is 18.7 Å². The molecule has 1 fully saturated rings. The Hall–Kier alpha value is -2.11. The first-order valence-corrected chi connectivity index (χ1v) is 6.68. The van der Waals surface area contributed by atoms with E-state index in [0.29, 0.717) is 11.6 Å². The Labute approximate surface area is 117 Å². The van der Waals surface area contributed by atoms with Gasteiger partial charge in [-0.05, 0) is 44.7 Å². The van der Waals surface area contributed by atoms with Gasteiger partial charge in [0.15, 0.2) is 0 Å². The molecule has 0 heterocycles. The number of aromatic carboxylic acids is 1. The van der Waals surface area contributed by atoms with E-state index in [1.54, 1.807) is 6.07 Å². The van der Waals surface area contributed by atoms with Gasteiger partial charge in [0.2, 0.25) is 0 Å². The van der Waals surface area contributed by atoms with E-state index in [2.05, 4.69) is 0 Å². The lowest BCUT2D eigenvalue weighted by atomic mass is 10.1. The van der Waals surface area contributed by atoms with Gasteiger partial charge in [-0.1, -0.05) is 0 Å². The van der Waals surface area contributed by atoms with Crippen LogP contribution in [0.15, 0.2) is 18.2 Å². The molecule has 6 heteroatoms. The Bertz CT molecular complexity index is 538. The molecule has 6 nitrogen and oxygen atoms in total. The lowest BCUT2D eigenvalue weighted by Gasteiger charge is -2.28. The molecule has 0 bridgehead atoms. The number of rotatable bonds is 6. The van der Waals surface area contributed by atoms with Gasteiger partial charge in [-0.3, -0.25) is 10.1 Å². The van der Waals surface area contributed by atoms with Gasteiger partial charge in [0, 0.05) is 18.7 Å². The summed E-state index contributed by atoms with van der Waals surface area (Å²) in [7, 11) is 0. The minimum atomic E-state index is -1.15.